The predicted molar refractivity (Wildman–Crippen MR) is 27.2 cm³/mol. The number of hydrogen-bond acceptors (Lipinski definition) is 7. The summed E-state index contributed by atoms with van der Waals surface area (Å²) in [7, 11) is 2.62. The highest BCUT2D eigenvalue weighted by Gasteiger charge is 2.00. The largest absolute Gasteiger partial charge is 0.262 e. The van der Waals surface area contributed by atoms with E-state index in [0.717, 1.165) is 0 Å². The van der Waals surface area contributed by atoms with Crippen LogP contribution in [-0.4, -0.2) is 24.9 Å². The Kier molecular flexibility index (Phi) is 4.44. The fourth-order valence-electron chi connectivity index (χ4n) is 0.146. The fraction of sp³-hybridized carbons (Fsp3) is 1.00. The van der Waals surface area contributed by atoms with E-state index in [1.807, 2.05) is 0 Å². The van der Waals surface area contributed by atoms with Crippen LogP contribution in [0.2, 0.25) is 0 Å². The molecule has 0 saturated carbocycles. The van der Waals surface area contributed by atoms with Crippen molar-refractivity contribution in [1.29, 1.82) is 0 Å². The van der Waals surface area contributed by atoms with Crippen molar-refractivity contribution < 1.29 is 14.6 Å². The van der Waals surface area contributed by atoms with Gasteiger partial charge in [-0.1, -0.05) is 0 Å². The summed E-state index contributed by atoms with van der Waals surface area (Å²) in [6, 6.07) is 0. The van der Waals surface area contributed by atoms with E-state index in [1.165, 1.54) is 14.2 Å². The molecule has 0 fully saturated rings. The average Bonchev–Trinajstić information content (AvgIpc) is 1.87. The summed E-state index contributed by atoms with van der Waals surface area (Å²) >= 11 is 0. The first kappa shape index (κ1) is 8.72. The predicted octanol–water partition coefficient (Wildman–Crippen LogP) is -1.69. The molecule has 0 atom stereocenters. The zero-order valence-corrected chi connectivity index (χ0v) is 5.27. The summed E-state index contributed by atoms with van der Waals surface area (Å²) in [4.78, 5) is 12.9. The molecule has 7 nitrogen and oxygen atoms in total. The molecule has 7 heteroatoms. The topological polar surface area (TPSA) is 86.2 Å². The summed E-state index contributed by atoms with van der Waals surface area (Å²) in [5.41, 5.74) is 0. The zero-order valence-electron chi connectivity index (χ0n) is 5.27. The van der Waals surface area contributed by atoms with E-state index in [9.17, 15) is 0 Å². The van der Waals surface area contributed by atoms with Gasteiger partial charge < -0.3 is 0 Å². The molecule has 0 amide bonds. The Bertz CT molecular complexity index is 62.8. The first-order valence-corrected chi connectivity index (χ1v) is 2.06. The summed E-state index contributed by atoms with van der Waals surface area (Å²) < 4.78 is 0. The first-order valence-electron chi connectivity index (χ1n) is 2.06. The highest BCUT2D eigenvalue weighted by molar-refractivity contribution is 3.80. The van der Waals surface area contributed by atoms with Gasteiger partial charge in [0.15, 0.2) is 0 Å². The van der Waals surface area contributed by atoms with Gasteiger partial charge in [0.05, 0.1) is 14.2 Å². The quantitative estimate of drug-likeness (QED) is 0.354. The second kappa shape index (κ2) is 4.58. The monoisotopic (exact) mass is 138 g/mol. The molecule has 0 spiro atoms. The molecule has 0 aliphatic heterocycles. The molecule has 9 heavy (non-hydrogen) atoms. The molecule has 0 aromatic carbocycles. The van der Waals surface area contributed by atoms with E-state index >= 15 is 0 Å². The van der Waals surface area contributed by atoms with Gasteiger partial charge in [-0.05, 0) is 0 Å². The van der Waals surface area contributed by atoms with Crippen LogP contribution in [0, 0.1) is 0 Å². The van der Waals surface area contributed by atoms with Crippen molar-refractivity contribution in [2.45, 2.75) is 0 Å². The fourth-order valence-corrected chi connectivity index (χ4v) is 0.146. The van der Waals surface area contributed by atoms with Crippen molar-refractivity contribution in [2.24, 2.45) is 11.7 Å². The number of nitrogens with zero attached hydrogens (tertiary/aromatic N) is 2. The second-order valence-electron chi connectivity index (χ2n) is 1.02. The van der Waals surface area contributed by atoms with Gasteiger partial charge in [0.1, 0.15) is 0 Å². The van der Waals surface area contributed by atoms with Crippen molar-refractivity contribution in [2.75, 3.05) is 14.2 Å². The molecule has 0 rings (SSSR count). The Morgan fingerprint density at radius 1 is 1.00 bits per heavy atom. The van der Waals surface area contributed by atoms with E-state index in [-0.39, 0.29) is 0 Å². The van der Waals surface area contributed by atoms with Crippen LogP contribution in [0.4, 0.5) is 0 Å². The maximum Gasteiger partial charge on any atom is 0.0617 e. The highest BCUT2D eigenvalue weighted by Crippen LogP contribution is 1.82. The Morgan fingerprint density at radius 2 is 1.33 bits per heavy atom. The summed E-state index contributed by atoms with van der Waals surface area (Å²) in [6.45, 7) is 0. The van der Waals surface area contributed by atoms with Crippen molar-refractivity contribution in [3.05, 3.63) is 0 Å². The van der Waals surface area contributed by atoms with E-state index < -0.39 is 0 Å². The minimum atomic E-state index is 0.531. The molecule has 0 radical (unpaired) electrons. The van der Waals surface area contributed by atoms with Crippen molar-refractivity contribution in [3.8, 4) is 0 Å². The zero-order chi connectivity index (χ0) is 7.28. The Hall–Kier alpha value is -0.280. The standard InChI is InChI=1S/C2H10N4O3/c1-7-5(3)9-6(4)8-2/h3-4H2,1-2H3. The van der Waals surface area contributed by atoms with Gasteiger partial charge in [0, 0.05) is 10.7 Å². The van der Waals surface area contributed by atoms with Gasteiger partial charge in [-0.15, -0.1) is 4.94 Å². The third kappa shape index (κ3) is 4.24. The first-order chi connectivity index (χ1) is 4.20. The number of rotatable bonds is 4. The maximum atomic E-state index is 4.94. The molecule has 0 aliphatic rings. The minimum absolute atomic E-state index is 0.531. The molecule has 4 N–H and O–H groups in total. The van der Waals surface area contributed by atoms with Crippen LogP contribution >= 0.6 is 0 Å². The molecule has 0 heterocycles. The molecule has 0 unspecified atom stereocenters. The number of hydrazine groups is 2. The van der Waals surface area contributed by atoms with Gasteiger partial charge in [-0.25, -0.2) is 11.7 Å². The lowest BCUT2D eigenvalue weighted by Crippen LogP contribution is -2.41. The van der Waals surface area contributed by atoms with Gasteiger partial charge >= 0.3 is 0 Å². The summed E-state index contributed by atoms with van der Waals surface area (Å²) in [5.74, 6) is 9.87. The van der Waals surface area contributed by atoms with E-state index in [0.29, 0.717) is 10.7 Å². The third-order valence-electron chi connectivity index (χ3n) is 0.521. The van der Waals surface area contributed by atoms with Crippen molar-refractivity contribution in [1.82, 2.24) is 10.7 Å². The van der Waals surface area contributed by atoms with Crippen LogP contribution in [0.25, 0.3) is 0 Å². The van der Waals surface area contributed by atoms with Crippen LogP contribution < -0.4 is 11.7 Å². The van der Waals surface area contributed by atoms with Crippen LogP contribution in [0.3, 0.4) is 0 Å². The molecule has 0 aromatic heterocycles. The van der Waals surface area contributed by atoms with Crippen molar-refractivity contribution >= 4 is 0 Å². The summed E-state index contributed by atoms with van der Waals surface area (Å²) in [6.07, 6.45) is 0. The normalized spacial score (nSPS) is 11.3. The van der Waals surface area contributed by atoms with Crippen LogP contribution in [0.1, 0.15) is 0 Å². The molecular weight excluding hydrogens is 128 g/mol. The van der Waals surface area contributed by atoms with Gasteiger partial charge in [-0.3, -0.25) is 9.68 Å². The van der Waals surface area contributed by atoms with E-state index in [1.54, 1.807) is 0 Å². The smallest absolute Gasteiger partial charge is 0.0617 e. The van der Waals surface area contributed by atoms with Gasteiger partial charge in [0.25, 0.3) is 0 Å². The molecule has 0 aliphatic carbocycles. The Balaban J connectivity index is 3.22. The Labute approximate surface area is 52.4 Å². The van der Waals surface area contributed by atoms with E-state index in [4.69, 9.17) is 11.7 Å². The van der Waals surface area contributed by atoms with Gasteiger partial charge in [0.2, 0.25) is 0 Å². The summed E-state index contributed by atoms with van der Waals surface area (Å²) in [5, 5.41) is 1.06. The molecule has 0 saturated heterocycles. The maximum absolute atomic E-state index is 4.94. The molecule has 0 aromatic rings. The second-order valence-corrected chi connectivity index (χ2v) is 1.02. The minimum Gasteiger partial charge on any atom is -0.262 e. The average molecular weight is 138 g/mol. The number of nitrogens with two attached hydrogens (primary N) is 2. The lowest BCUT2D eigenvalue weighted by Gasteiger charge is -2.16. The van der Waals surface area contributed by atoms with Crippen molar-refractivity contribution in [3.63, 3.8) is 0 Å². The number of hydrogen-bond donors (Lipinski definition) is 2. The van der Waals surface area contributed by atoms with E-state index in [2.05, 4.69) is 14.6 Å². The third-order valence-corrected chi connectivity index (χ3v) is 0.521. The Morgan fingerprint density at radius 3 is 1.56 bits per heavy atom. The van der Waals surface area contributed by atoms with Crippen LogP contribution in [0.15, 0.2) is 0 Å². The highest BCUT2D eigenvalue weighted by atomic mass is 17.1. The lowest BCUT2D eigenvalue weighted by molar-refractivity contribution is -0.525. The molecule has 56 valence electrons. The van der Waals surface area contributed by atoms with Crippen LogP contribution in [0.5, 0.6) is 0 Å². The molecular formula is C2H10N4O3. The van der Waals surface area contributed by atoms with Crippen LogP contribution in [-0.2, 0) is 14.6 Å². The molecule has 0 bridgehead atoms. The van der Waals surface area contributed by atoms with Gasteiger partial charge in [-0.2, -0.15) is 0 Å². The SMILES string of the molecule is CON(N)ON(N)OC. The lowest BCUT2D eigenvalue weighted by atomic mass is 11.7.